The van der Waals surface area contributed by atoms with Crippen molar-refractivity contribution >= 4 is 5.97 Å². The molecule has 1 atom stereocenters. The maximum absolute atomic E-state index is 10.8. The minimum absolute atomic E-state index is 0.00386. The molecular formula is C10H13NO4. The second kappa shape index (κ2) is 4.44. The highest BCUT2D eigenvalue weighted by Crippen LogP contribution is 2.18. The fourth-order valence-electron chi connectivity index (χ4n) is 1.76. The first-order valence-electron chi connectivity index (χ1n) is 5.04. The highest BCUT2D eigenvalue weighted by atomic mass is 16.5. The number of hydrogen-bond donors (Lipinski definition) is 1. The van der Waals surface area contributed by atoms with E-state index in [1.165, 1.54) is 6.39 Å². The van der Waals surface area contributed by atoms with Crippen molar-refractivity contribution < 1.29 is 19.1 Å². The maximum atomic E-state index is 10.8. The van der Waals surface area contributed by atoms with E-state index in [2.05, 4.69) is 4.98 Å². The summed E-state index contributed by atoms with van der Waals surface area (Å²) >= 11 is 0. The summed E-state index contributed by atoms with van der Waals surface area (Å²) in [6.07, 6.45) is 4.91. The van der Waals surface area contributed by atoms with E-state index >= 15 is 0 Å². The van der Waals surface area contributed by atoms with E-state index in [0.717, 1.165) is 25.9 Å². The molecule has 1 aromatic heterocycles. The van der Waals surface area contributed by atoms with Crippen molar-refractivity contribution in [2.24, 2.45) is 0 Å². The zero-order chi connectivity index (χ0) is 10.7. The van der Waals surface area contributed by atoms with Crippen LogP contribution < -0.4 is 0 Å². The standard InChI is InChI=1S/C10H13NO4/c12-10(13)9-8(15-6-11-9)5-7-3-1-2-4-14-7/h6-7H,1-5H2,(H,12,13). The van der Waals surface area contributed by atoms with Crippen LogP contribution in [0.15, 0.2) is 10.8 Å². The molecule has 1 fully saturated rings. The molecule has 2 heterocycles. The third-order valence-corrected chi connectivity index (χ3v) is 2.53. The van der Waals surface area contributed by atoms with E-state index in [0.29, 0.717) is 12.2 Å². The van der Waals surface area contributed by atoms with E-state index < -0.39 is 5.97 Å². The van der Waals surface area contributed by atoms with Gasteiger partial charge in [-0.2, -0.15) is 0 Å². The second-order valence-electron chi connectivity index (χ2n) is 3.62. The Morgan fingerprint density at radius 2 is 2.47 bits per heavy atom. The Hall–Kier alpha value is -1.36. The number of carbonyl (C=O) groups is 1. The Labute approximate surface area is 87.1 Å². The summed E-state index contributed by atoms with van der Waals surface area (Å²) < 4.78 is 10.6. The average molecular weight is 211 g/mol. The minimum atomic E-state index is -1.05. The number of rotatable bonds is 3. The van der Waals surface area contributed by atoms with E-state index in [9.17, 15) is 4.79 Å². The molecular weight excluding hydrogens is 198 g/mol. The molecule has 0 amide bonds. The number of aromatic nitrogens is 1. The van der Waals surface area contributed by atoms with Gasteiger partial charge in [0.05, 0.1) is 6.10 Å². The van der Waals surface area contributed by atoms with Gasteiger partial charge in [-0.25, -0.2) is 9.78 Å². The molecule has 0 saturated carbocycles. The van der Waals surface area contributed by atoms with Gasteiger partial charge in [0, 0.05) is 13.0 Å². The molecule has 0 spiro atoms. The maximum Gasteiger partial charge on any atom is 0.358 e. The third-order valence-electron chi connectivity index (χ3n) is 2.53. The van der Waals surface area contributed by atoms with Gasteiger partial charge in [0.2, 0.25) is 0 Å². The zero-order valence-corrected chi connectivity index (χ0v) is 8.31. The molecule has 1 unspecified atom stereocenters. The van der Waals surface area contributed by atoms with E-state index in [4.69, 9.17) is 14.3 Å². The van der Waals surface area contributed by atoms with Crippen LogP contribution in [0.5, 0.6) is 0 Å². The van der Waals surface area contributed by atoms with Crippen molar-refractivity contribution in [1.82, 2.24) is 4.98 Å². The van der Waals surface area contributed by atoms with E-state index in [1.54, 1.807) is 0 Å². The summed E-state index contributed by atoms with van der Waals surface area (Å²) in [6, 6.07) is 0. The Bertz CT molecular complexity index is 341. The first kappa shape index (κ1) is 10.2. The highest BCUT2D eigenvalue weighted by molar-refractivity contribution is 5.86. The van der Waals surface area contributed by atoms with Crippen LogP contribution in [0.25, 0.3) is 0 Å². The van der Waals surface area contributed by atoms with Crippen LogP contribution in [0, 0.1) is 0 Å². The van der Waals surface area contributed by atoms with Crippen molar-refractivity contribution in [2.75, 3.05) is 6.61 Å². The molecule has 5 nitrogen and oxygen atoms in total. The first-order chi connectivity index (χ1) is 7.27. The molecule has 1 aromatic rings. The van der Waals surface area contributed by atoms with Crippen LogP contribution in [-0.2, 0) is 11.2 Å². The van der Waals surface area contributed by atoms with Crippen LogP contribution in [0.3, 0.4) is 0 Å². The largest absolute Gasteiger partial charge is 0.476 e. The number of hydrogen-bond acceptors (Lipinski definition) is 4. The highest BCUT2D eigenvalue weighted by Gasteiger charge is 2.21. The minimum Gasteiger partial charge on any atom is -0.476 e. The van der Waals surface area contributed by atoms with Crippen LogP contribution in [0.4, 0.5) is 0 Å². The number of oxazole rings is 1. The normalized spacial score (nSPS) is 21.5. The lowest BCUT2D eigenvalue weighted by molar-refractivity contribution is 0.0137. The number of aromatic carboxylic acids is 1. The van der Waals surface area contributed by atoms with Crippen LogP contribution >= 0.6 is 0 Å². The molecule has 1 N–H and O–H groups in total. The lowest BCUT2D eigenvalue weighted by Gasteiger charge is -2.21. The van der Waals surface area contributed by atoms with E-state index in [1.807, 2.05) is 0 Å². The SMILES string of the molecule is O=C(O)c1ncoc1CC1CCCCO1. The number of ether oxygens (including phenoxy) is 1. The lowest BCUT2D eigenvalue weighted by atomic mass is 10.0. The van der Waals surface area contributed by atoms with Crippen molar-refractivity contribution in [3.05, 3.63) is 17.8 Å². The summed E-state index contributed by atoms with van der Waals surface area (Å²) in [5.41, 5.74) is 0.00386. The smallest absolute Gasteiger partial charge is 0.358 e. The molecule has 2 rings (SSSR count). The first-order valence-corrected chi connectivity index (χ1v) is 5.04. The molecule has 1 saturated heterocycles. The summed E-state index contributed by atoms with van der Waals surface area (Å²) in [5.74, 6) is -0.635. The van der Waals surface area contributed by atoms with E-state index in [-0.39, 0.29) is 11.8 Å². The van der Waals surface area contributed by atoms with Crippen LogP contribution in [0.2, 0.25) is 0 Å². The summed E-state index contributed by atoms with van der Waals surface area (Å²) in [7, 11) is 0. The Morgan fingerprint density at radius 3 is 3.13 bits per heavy atom. The average Bonchev–Trinajstić information content (AvgIpc) is 2.67. The van der Waals surface area contributed by atoms with Crippen molar-refractivity contribution in [1.29, 1.82) is 0 Å². The van der Waals surface area contributed by atoms with Gasteiger partial charge in [0.1, 0.15) is 5.76 Å². The summed E-state index contributed by atoms with van der Waals surface area (Å²) in [4.78, 5) is 14.4. The van der Waals surface area contributed by atoms with Gasteiger partial charge in [-0.1, -0.05) is 0 Å². The zero-order valence-electron chi connectivity index (χ0n) is 8.31. The van der Waals surface area contributed by atoms with Crippen LogP contribution in [0.1, 0.15) is 35.5 Å². The number of carboxylic acids is 1. The Morgan fingerprint density at radius 1 is 1.60 bits per heavy atom. The molecule has 15 heavy (non-hydrogen) atoms. The predicted molar refractivity (Wildman–Crippen MR) is 50.8 cm³/mol. The van der Waals surface area contributed by atoms with Gasteiger partial charge in [-0.15, -0.1) is 0 Å². The molecule has 0 bridgehead atoms. The quantitative estimate of drug-likeness (QED) is 0.819. The predicted octanol–water partition coefficient (Wildman–Crippen LogP) is 1.48. The van der Waals surface area contributed by atoms with Gasteiger partial charge in [-0.05, 0) is 19.3 Å². The Balaban J connectivity index is 2.03. The molecule has 1 aliphatic heterocycles. The fraction of sp³-hybridized carbons (Fsp3) is 0.600. The van der Waals surface area contributed by atoms with Crippen molar-refractivity contribution in [3.63, 3.8) is 0 Å². The van der Waals surface area contributed by atoms with Gasteiger partial charge in [0.15, 0.2) is 12.1 Å². The summed E-state index contributed by atoms with van der Waals surface area (Å²) in [5, 5.41) is 8.82. The molecule has 0 aromatic carbocycles. The third kappa shape index (κ3) is 2.36. The Kier molecular flexibility index (Phi) is 3.01. The topological polar surface area (TPSA) is 72.6 Å². The summed E-state index contributed by atoms with van der Waals surface area (Å²) in [6.45, 7) is 0.751. The molecule has 0 radical (unpaired) electrons. The second-order valence-corrected chi connectivity index (χ2v) is 3.62. The lowest BCUT2D eigenvalue weighted by Crippen LogP contribution is -2.22. The van der Waals surface area contributed by atoms with Gasteiger partial charge < -0.3 is 14.3 Å². The number of carboxylic acid groups (broad SMARTS) is 1. The molecule has 1 aliphatic rings. The number of nitrogens with zero attached hydrogens (tertiary/aromatic N) is 1. The molecule has 5 heteroatoms. The molecule has 0 aliphatic carbocycles. The van der Waals surface area contributed by atoms with Crippen molar-refractivity contribution in [3.8, 4) is 0 Å². The van der Waals surface area contributed by atoms with Gasteiger partial charge in [0.25, 0.3) is 0 Å². The molecule has 82 valence electrons. The monoisotopic (exact) mass is 211 g/mol. The fourth-order valence-corrected chi connectivity index (χ4v) is 1.76. The van der Waals surface area contributed by atoms with Gasteiger partial charge >= 0.3 is 5.97 Å². The van der Waals surface area contributed by atoms with Crippen LogP contribution in [-0.4, -0.2) is 28.8 Å². The van der Waals surface area contributed by atoms with Crippen molar-refractivity contribution in [2.45, 2.75) is 31.8 Å². The van der Waals surface area contributed by atoms with Gasteiger partial charge in [-0.3, -0.25) is 0 Å².